The first-order valence-corrected chi connectivity index (χ1v) is 5.94. The van der Waals surface area contributed by atoms with E-state index in [1.807, 2.05) is 0 Å². The zero-order valence-electron chi connectivity index (χ0n) is 8.36. The SMILES string of the molecule is O=Nc1cc(S(=O)(=O)O)c2ccccc2c1O.[NaH]. The number of nitroso groups, excluding NO2 is 1. The summed E-state index contributed by atoms with van der Waals surface area (Å²) in [5, 5.41) is 12.4. The Bertz CT molecular complexity index is 714. The molecule has 0 bridgehead atoms. The van der Waals surface area contributed by atoms with Crippen molar-refractivity contribution >= 4 is 56.1 Å². The van der Waals surface area contributed by atoms with E-state index in [0.29, 0.717) is 0 Å². The van der Waals surface area contributed by atoms with Gasteiger partial charge in [-0.25, -0.2) is 0 Å². The fourth-order valence-electron chi connectivity index (χ4n) is 1.60. The normalized spacial score (nSPS) is 10.9. The standard InChI is InChI=1S/C10H7NO5S.Na.H/c12-10-7-4-2-1-3-6(7)9(17(14,15)16)5-8(10)11-13;;/h1-5,12H,(H,14,15,16);;. The molecule has 0 atom stereocenters. The number of fused-ring (bicyclic) bond motifs is 1. The molecule has 18 heavy (non-hydrogen) atoms. The van der Waals surface area contributed by atoms with Crippen LogP contribution in [0.2, 0.25) is 0 Å². The molecule has 0 aliphatic heterocycles. The summed E-state index contributed by atoms with van der Waals surface area (Å²) < 4.78 is 31.4. The Kier molecular flexibility index (Phi) is 4.46. The molecule has 0 spiro atoms. The van der Waals surface area contributed by atoms with Crippen molar-refractivity contribution < 1.29 is 18.1 Å². The van der Waals surface area contributed by atoms with E-state index in [9.17, 15) is 18.4 Å². The molecule has 0 aromatic heterocycles. The summed E-state index contributed by atoms with van der Waals surface area (Å²) in [5.41, 5.74) is -0.434. The van der Waals surface area contributed by atoms with Crippen LogP contribution in [0.1, 0.15) is 0 Å². The number of rotatable bonds is 2. The Morgan fingerprint density at radius 2 is 1.67 bits per heavy atom. The molecule has 0 radical (unpaired) electrons. The Balaban J connectivity index is 0.00000162. The molecule has 0 saturated heterocycles. The molecule has 0 fully saturated rings. The summed E-state index contributed by atoms with van der Waals surface area (Å²) in [4.78, 5) is 10.0. The molecule has 0 aliphatic carbocycles. The third kappa shape index (κ3) is 2.55. The minimum atomic E-state index is -4.49. The number of benzene rings is 2. The third-order valence-electron chi connectivity index (χ3n) is 2.33. The molecule has 2 aromatic carbocycles. The molecule has 8 heteroatoms. The Morgan fingerprint density at radius 3 is 2.17 bits per heavy atom. The number of hydrogen-bond donors (Lipinski definition) is 2. The number of nitrogens with zero attached hydrogens (tertiary/aromatic N) is 1. The van der Waals surface area contributed by atoms with Gasteiger partial charge in [0.25, 0.3) is 10.1 Å². The average Bonchev–Trinajstić information content (AvgIpc) is 2.28. The molecule has 2 rings (SSSR count). The number of aromatic hydroxyl groups is 1. The minimum absolute atomic E-state index is 0. The van der Waals surface area contributed by atoms with Gasteiger partial charge in [-0.1, -0.05) is 24.3 Å². The van der Waals surface area contributed by atoms with Gasteiger partial charge in [-0.3, -0.25) is 4.55 Å². The van der Waals surface area contributed by atoms with Crippen LogP contribution in [0.3, 0.4) is 0 Å². The van der Waals surface area contributed by atoms with Crippen molar-refractivity contribution in [2.75, 3.05) is 0 Å². The maximum absolute atomic E-state index is 11.2. The first-order chi connectivity index (χ1) is 7.95. The van der Waals surface area contributed by atoms with Crippen molar-refractivity contribution in [3.8, 4) is 5.75 Å². The summed E-state index contributed by atoms with van der Waals surface area (Å²) in [6.07, 6.45) is 0. The van der Waals surface area contributed by atoms with Gasteiger partial charge in [0.15, 0.2) is 11.4 Å². The van der Waals surface area contributed by atoms with Crippen LogP contribution in [0.15, 0.2) is 40.4 Å². The van der Waals surface area contributed by atoms with E-state index in [1.54, 1.807) is 12.1 Å². The zero-order valence-corrected chi connectivity index (χ0v) is 9.18. The summed E-state index contributed by atoms with van der Waals surface area (Å²) in [6.45, 7) is 0. The van der Waals surface area contributed by atoms with E-state index in [4.69, 9.17) is 4.55 Å². The molecular weight excluding hydrogens is 269 g/mol. The van der Waals surface area contributed by atoms with Crippen molar-refractivity contribution in [1.82, 2.24) is 0 Å². The Morgan fingerprint density at radius 1 is 1.11 bits per heavy atom. The van der Waals surface area contributed by atoms with Crippen LogP contribution in [0.5, 0.6) is 5.75 Å². The fourth-order valence-corrected chi connectivity index (χ4v) is 2.31. The van der Waals surface area contributed by atoms with Crippen LogP contribution in [0.25, 0.3) is 10.8 Å². The molecule has 0 aliphatic rings. The quantitative estimate of drug-likeness (QED) is 0.492. The van der Waals surface area contributed by atoms with Crippen molar-refractivity contribution in [2.45, 2.75) is 4.90 Å². The van der Waals surface area contributed by atoms with Gasteiger partial charge in [0.2, 0.25) is 0 Å². The van der Waals surface area contributed by atoms with Gasteiger partial charge >= 0.3 is 29.6 Å². The average molecular weight is 277 g/mol. The Hall–Kier alpha value is -0.990. The second-order valence-corrected chi connectivity index (χ2v) is 4.74. The van der Waals surface area contributed by atoms with Gasteiger partial charge in [-0.15, -0.1) is 4.91 Å². The number of phenols is 1. The van der Waals surface area contributed by atoms with Crippen LogP contribution in [-0.4, -0.2) is 47.6 Å². The van der Waals surface area contributed by atoms with Crippen LogP contribution >= 0.6 is 0 Å². The first-order valence-electron chi connectivity index (χ1n) is 4.50. The number of hydrogen-bond acceptors (Lipinski definition) is 5. The maximum atomic E-state index is 11.2. The second-order valence-electron chi connectivity index (χ2n) is 3.35. The summed E-state index contributed by atoms with van der Waals surface area (Å²) in [7, 11) is -4.49. The van der Waals surface area contributed by atoms with E-state index >= 15 is 0 Å². The third-order valence-corrected chi connectivity index (χ3v) is 3.23. The van der Waals surface area contributed by atoms with Crippen LogP contribution in [0.4, 0.5) is 5.69 Å². The zero-order chi connectivity index (χ0) is 12.6. The molecule has 0 unspecified atom stereocenters. The van der Waals surface area contributed by atoms with Gasteiger partial charge in [0, 0.05) is 10.8 Å². The molecule has 90 valence electrons. The molecule has 2 aromatic rings. The van der Waals surface area contributed by atoms with Gasteiger partial charge in [-0.05, 0) is 11.2 Å². The van der Waals surface area contributed by atoms with Crippen molar-refractivity contribution in [3.63, 3.8) is 0 Å². The van der Waals surface area contributed by atoms with E-state index < -0.39 is 26.5 Å². The second kappa shape index (κ2) is 5.33. The van der Waals surface area contributed by atoms with E-state index in [-0.39, 0.29) is 40.3 Å². The molecule has 2 N–H and O–H groups in total. The summed E-state index contributed by atoms with van der Waals surface area (Å²) in [5.74, 6) is -0.414. The molecule has 0 amide bonds. The Labute approximate surface area is 125 Å². The predicted octanol–water partition coefficient (Wildman–Crippen LogP) is 1.54. The summed E-state index contributed by atoms with van der Waals surface area (Å²) in [6, 6.07) is 6.77. The van der Waals surface area contributed by atoms with E-state index in [0.717, 1.165) is 6.07 Å². The van der Waals surface area contributed by atoms with E-state index in [2.05, 4.69) is 5.18 Å². The van der Waals surface area contributed by atoms with Crippen LogP contribution < -0.4 is 0 Å². The fraction of sp³-hybridized carbons (Fsp3) is 0. The molecule has 0 saturated carbocycles. The monoisotopic (exact) mass is 277 g/mol. The first kappa shape index (κ1) is 15.1. The van der Waals surface area contributed by atoms with Gasteiger partial charge < -0.3 is 5.11 Å². The van der Waals surface area contributed by atoms with E-state index in [1.165, 1.54) is 12.1 Å². The van der Waals surface area contributed by atoms with Gasteiger partial charge in [-0.2, -0.15) is 8.42 Å². The van der Waals surface area contributed by atoms with Crippen molar-refractivity contribution in [1.29, 1.82) is 0 Å². The molecule has 0 heterocycles. The number of phenolic OH excluding ortho intramolecular Hbond substituents is 1. The van der Waals surface area contributed by atoms with Gasteiger partial charge in [0.1, 0.15) is 4.90 Å². The predicted molar refractivity (Wildman–Crippen MR) is 68.0 cm³/mol. The topological polar surface area (TPSA) is 104 Å². The summed E-state index contributed by atoms with van der Waals surface area (Å²) >= 11 is 0. The van der Waals surface area contributed by atoms with Gasteiger partial charge in [0.05, 0.1) is 0 Å². The van der Waals surface area contributed by atoms with Crippen LogP contribution in [0, 0.1) is 4.91 Å². The molecular formula is C10H8NNaO5S. The molecule has 6 nitrogen and oxygen atoms in total. The van der Waals surface area contributed by atoms with Crippen LogP contribution in [-0.2, 0) is 10.1 Å². The van der Waals surface area contributed by atoms with Crippen molar-refractivity contribution in [3.05, 3.63) is 35.2 Å². The van der Waals surface area contributed by atoms with Crippen molar-refractivity contribution in [2.24, 2.45) is 5.18 Å².